The molecule has 0 radical (unpaired) electrons. The lowest BCUT2D eigenvalue weighted by molar-refractivity contribution is 0.244. The molecular weight excluding hydrogens is 214 g/mol. The zero-order chi connectivity index (χ0) is 12.3. The van der Waals surface area contributed by atoms with Gasteiger partial charge in [0.1, 0.15) is 0 Å². The van der Waals surface area contributed by atoms with Crippen molar-refractivity contribution in [2.45, 2.75) is 6.92 Å². The smallest absolute Gasteiger partial charge is 0.0473 e. The van der Waals surface area contributed by atoms with Gasteiger partial charge in [0.25, 0.3) is 0 Å². The Kier molecular flexibility index (Phi) is 3.44. The maximum atomic E-state index is 9.00. The predicted molar refractivity (Wildman–Crippen MR) is 70.9 cm³/mol. The maximum Gasteiger partial charge on any atom is 0.0473 e. The molecule has 1 aromatic heterocycles. The zero-order valence-electron chi connectivity index (χ0n) is 9.85. The molecule has 2 aromatic rings. The Bertz CT molecular complexity index is 513. The molecule has 17 heavy (non-hydrogen) atoms. The Morgan fingerprint density at radius 1 is 1.35 bits per heavy atom. The van der Waals surface area contributed by atoms with Gasteiger partial charge in [-0.3, -0.25) is 4.98 Å². The summed E-state index contributed by atoms with van der Waals surface area (Å²) in [6.45, 7) is 2.90. The summed E-state index contributed by atoms with van der Waals surface area (Å²) < 4.78 is 0. The van der Waals surface area contributed by atoms with E-state index < -0.39 is 0 Å². The number of aliphatic hydroxyl groups is 1. The van der Waals surface area contributed by atoms with Gasteiger partial charge in [-0.1, -0.05) is 6.92 Å². The van der Waals surface area contributed by atoms with Crippen molar-refractivity contribution in [3.8, 4) is 0 Å². The Hall–Kier alpha value is -1.81. The Morgan fingerprint density at radius 3 is 2.94 bits per heavy atom. The number of nitrogen functional groups attached to an aromatic ring is 1. The molecule has 0 saturated carbocycles. The van der Waals surface area contributed by atoms with Crippen LogP contribution in [0.15, 0.2) is 30.6 Å². The predicted octanol–water partition coefficient (Wildman–Crippen LogP) is 1.86. The zero-order valence-corrected chi connectivity index (χ0v) is 9.85. The van der Waals surface area contributed by atoms with Crippen molar-refractivity contribution < 1.29 is 5.11 Å². The normalized spacial score (nSPS) is 12.6. The minimum atomic E-state index is 0.179. The molecule has 0 aliphatic carbocycles. The standard InChI is InChI=1S/C13H17N3O/c1-9(8-17)6-16-13-3-2-12(14)10-4-5-15-7-11(10)13/h2-5,7,9,16-17H,6,8,14H2,1H3. The number of hydrogen-bond acceptors (Lipinski definition) is 4. The first-order chi connectivity index (χ1) is 8.22. The van der Waals surface area contributed by atoms with E-state index in [1.165, 1.54) is 0 Å². The average Bonchev–Trinajstić information content (AvgIpc) is 2.38. The summed E-state index contributed by atoms with van der Waals surface area (Å²) in [5.41, 5.74) is 7.67. The Labute approximate surface area is 100 Å². The lowest BCUT2D eigenvalue weighted by atomic mass is 10.1. The van der Waals surface area contributed by atoms with Gasteiger partial charge in [-0.2, -0.15) is 0 Å². The van der Waals surface area contributed by atoms with E-state index in [0.717, 1.165) is 28.7 Å². The first-order valence-corrected chi connectivity index (χ1v) is 5.69. The number of nitrogens with zero attached hydrogens (tertiary/aromatic N) is 1. The van der Waals surface area contributed by atoms with Crippen LogP contribution in [0.25, 0.3) is 10.8 Å². The van der Waals surface area contributed by atoms with Gasteiger partial charge in [-0.25, -0.2) is 0 Å². The molecule has 90 valence electrons. The molecule has 1 heterocycles. The number of hydrogen-bond donors (Lipinski definition) is 3. The summed E-state index contributed by atoms with van der Waals surface area (Å²) in [5, 5.41) is 14.3. The van der Waals surface area contributed by atoms with Crippen LogP contribution in [0.5, 0.6) is 0 Å². The van der Waals surface area contributed by atoms with E-state index in [9.17, 15) is 0 Å². The first-order valence-electron chi connectivity index (χ1n) is 5.69. The van der Waals surface area contributed by atoms with Crippen LogP contribution >= 0.6 is 0 Å². The summed E-state index contributed by atoms with van der Waals surface area (Å²) in [5.74, 6) is 0.222. The second-order valence-corrected chi connectivity index (χ2v) is 4.29. The number of benzene rings is 1. The van der Waals surface area contributed by atoms with Gasteiger partial charge in [0.05, 0.1) is 0 Å². The maximum absolute atomic E-state index is 9.00. The van der Waals surface area contributed by atoms with Gasteiger partial charge in [-0.15, -0.1) is 0 Å². The molecule has 0 bridgehead atoms. The molecule has 0 aliphatic heterocycles. The van der Waals surface area contributed by atoms with E-state index in [4.69, 9.17) is 10.8 Å². The summed E-state index contributed by atoms with van der Waals surface area (Å²) in [7, 11) is 0. The van der Waals surface area contributed by atoms with Crippen LogP contribution in [0.2, 0.25) is 0 Å². The van der Waals surface area contributed by atoms with Crippen molar-refractivity contribution in [2.75, 3.05) is 24.2 Å². The van der Waals surface area contributed by atoms with Crippen molar-refractivity contribution in [3.63, 3.8) is 0 Å². The summed E-state index contributed by atoms with van der Waals surface area (Å²) in [6.07, 6.45) is 3.54. The second kappa shape index (κ2) is 5.01. The molecule has 2 rings (SSSR count). The molecule has 0 fully saturated rings. The van der Waals surface area contributed by atoms with Crippen LogP contribution in [0, 0.1) is 5.92 Å². The van der Waals surface area contributed by atoms with Gasteiger partial charge >= 0.3 is 0 Å². The Morgan fingerprint density at radius 2 is 2.18 bits per heavy atom. The van der Waals surface area contributed by atoms with Crippen molar-refractivity contribution in [3.05, 3.63) is 30.6 Å². The summed E-state index contributed by atoms with van der Waals surface area (Å²) in [6, 6.07) is 5.74. The highest BCUT2D eigenvalue weighted by Gasteiger charge is 2.05. The lowest BCUT2D eigenvalue weighted by Gasteiger charge is -2.13. The number of nitrogens with one attached hydrogen (secondary N) is 1. The molecule has 4 nitrogen and oxygen atoms in total. The molecule has 1 atom stereocenters. The molecular formula is C13H17N3O. The van der Waals surface area contributed by atoms with Gasteiger partial charge in [-0.05, 0) is 24.1 Å². The number of nitrogens with two attached hydrogens (primary N) is 1. The van der Waals surface area contributed by atoms with Crippen molar-refractivity contribution in [1.29, 1.82) is 0 Å². The third-order valence-electron chi connectivity index (χ3n) is 2.80. The highest BCUT2D eigenvalue weighted by atomic mass is 16.3. The van der Waals surface area contributed by atoms with E-state index in [1.807, 2.05) is 25.1 Å². The van der Waals surface area contributed by atoms with Crippen LogP contribution in [0.3, 0.4) is 0 Å². The second-order valence-electron chi connectivity index (χ2n) is 4.29. The van der Waals surface area contributed by atoms with E-state index in [2.05, 4.69) is 10.3 Å². The van der Waals surface area contributed by atoms with Gasteiger partial charge in [0.2, 0.25) is 0 Å². The van der Waals surface area contributed by atoms with Gasteiger partial charge in [0.15, 0.2) is 0 Å². The van der Waals surface area contributed by atoms with Crippen molar-refractivity contribution in [2.24, 2.45) is 5.92 Å². The topological polar surface area (TPSA) is 71.2 Å². The number of anilines is 2. The molecule has 0 saturated heterocycles. The number of aromatic nitrogens is 1. The van der Waals surface area contributed by atoms with Crippen LogP contribution in [-0.4, -0.2) is 23.2 Å². The van der Waals surface area contributed by atoms with E-state index in [-0.39, 0.29) is 12.5 Å². The van der Waals surface area contributed by atoms with Crippen molar-refractivity contribution >= 4 is 22.1 Å². The third kappa shape index (κ3) is 2.47. The fraction of sp³-hybridized carbons (Fsp3) is 0.308. The van der Waals surface area contributed by atoms with Crippen molar-refractivity contribution in [1.82, 2.24) is 4.98 Å². The van der Waals surface area contributed by atoms with E-state index in [0.29, 0.717) is 0 Å². The number of fused-ring (bicyclic) bond motifs is 1. The highest BCUT2D eigenvalue weighted by Crippen LogP contribution is 2.27. The highest BCUT2D eigenvalue weighted by molar-refractivity contribution is 6.00. The van der Waals surface area contributed by atoms with E-state index in [1.54, 1.807) is 12.4 Å². The number of rotatable bonds is 4. The monoisotopic (exact) mass is 231 g/mol. The molecule has 1 aromatic carbocycles. The minimum Gasteiger partial charge on any atom is -0.398 e. The number of aliphatic hydroxyl groups excluding tert-OH is 1. The van der Waals surface area contributed by atoms with Gasteiger partial charge in [0, 0.05) is 47.7 Å². The quantitative estimate of drug-likeness (QED) is 0.702. The van der Waals surface area contributed by atoms with Gasteiger partial charge < -0.3 is 16.2 Å². The van der Waals surface area contributed by atoms with Crippen LogP contribution < -0.4 is 11.1 Å². The fourth-order valence-electron chi connectivity index (χ4n) is 1.72. The molecule has 0 amide bonds. The molecule has 1 unspecified atom stereocenters. The molecule has 4 heteroatoms. The average molecular weight is 231 g/mol. The third-order valence-corrected chi connectivity index (χ3v) is 2.80. The first kappa shape index (κ1) is 11.7. The lowest BCUT2D eigenvalue weighted by Crippen LogP contribution is -2.14. The molecule has 0 aliphatic rings. The minimum absolute atomic E-state index is 0.179. The van der Waals surface area contributed by atoms with Crippen LogP contribution in [0.1, 0.15) is 6.92 Å². The largest absolute Gasteiger partial charge is 0.398 e. The van der Waals surface area contributed by atoms with Crippen LogP contribution in [-0.2, 0) is 0 Å². The molecule has 0 spiro atoms. The Balaban J connectivity index is 2.32. The summed E-state index contributed by atoms with van der Waals surface area (Å²) in [4.78, 5) is 4.12. The SMILES string of the molecule is CC(CO)CNc1ccc(N)c2ccncc12. The summed E-state index contributed by atoms with van der Waals surface area (Å²) >= 11 is 0. The fourth-order valence-corrected chi connectivity index (χ4v) is 1.72. The molecule has 4 N–H and O–H groups in total. The van der Waals surface area contributed by atoms with Crippen LogP contribution in [0.4, 0.5) is 11.4 Å². The number of pyridine rings is 1. The van der Waals surface area contributed by atoms with E-state index >= 15 is 0 Å².